The average Bonchev–Trinajstić information content (AvgIpc) is 3.03. The van der Waals surface area contributed by atoms with E-state index in [9.17, 15) is 0 Å². The van der Waals surface area contributed by atoms with E-state index < -0.39 is 0 Å². The van der Waals surface area contributed by atoms with Crippen molar-refractivity contribution in [1.29, 1.82) is 0 Å². The van der Waals surface area contributed by atoms with E-state index in [1.165, 1.54) is 23.6 Å². The molecule has 0 atom stereocenters. The number of hydrogen-bond donors (Lipinski definition) is 1. The molecule has 4 rings (SSSR count). The summed E-state index contributed by atoms with van der Waals surface area (Å²) in [5.74, 6) is 2.11. The van der Waals surface area contributed by atoms with Gasteiger partial charge < -0.3 is 9.84 Å². The zero-order valence-corrected chi connectivity index (χ0v) is 13.7. The number of aromatic nitrogens is 2. The van der Waals surface area contributed by atoms with Crippen LogP contribution < -0.4 is 5.32 Å². The third-order valence-corrected chi connectivity index (χ3v) is 4.42. The van der Waals surface area contributed by atoms with Crippen molar-refractivity contribution in [1.82, 2.24) is 15.5 Å². The van der Waals surface area contributed by atoms with Gasteiger partial charge >= 0.3 is 0 Å². The smallest absolute Gasteiger partial charge is 0.227 e. The molecule has 120 valence electrons. The zero-order chi connectivity index (χ0) is 14.8. The van der Waals surface area contributed by atoms with Crippen molar-refractivity contribution < 1.29 is 4.52 Å². The Morgan fingerprint density at radius 3 is 2.70 bits per heavy atom. The number of hydrogen-bond acceptors (Lipinski definition) is 4. The molecule has 5 heteroatoms. The van der Waals surface area contributed by atoms with Crippen LogP contribution in [0.2, 0.25) is 0 Å². The fourth-order valence-electron chi connectivity index (χ4n) is 3.20. The van der Waals surface area contributed by atoms with Crippen molar-refractivity contribution in [3.63, 3.8) is 0 Å². The molecule has 1 aliphatic rings. The number of halogens is 1. The molecule has 23 heavy (non-hydrogen) atoms. The number of rotatable bonds is 3. The van der Waals surface area contributed by atoms with Crippen LogP contribution in [0.15, 0.2) is 47.0 Å². The first-order chi connectivity index (χ1) is 10.9. The lowest BCUT2D eigenvalue weighted by Gasteiger charge is -2.20. The number of fused-ring (bicyclic) bond motifs is 1. The molecule has 1 fully saturated rings. The Balaban J connectivity index is 0.00000156. The molecule has 2 heterocycles. The minimum absolute atomic E-state index is 0. The van der Waals surface area contributed by atoms with Gasteiger partial charge in [-0.2, -0.15) is 4.98 Å². The molecule has 0 saturated carbocycles. The topological polar surface area (TPSA) is 51.0 Å². The van der Waals surface area contributed by atoms with Crippen molar-refractivity contribution in [2.24, 2.45) is 5.92 Å². The first-order valence-corrected chi connectivity index (χ1v) is 7.91. The molecule has 0 amide bonds. The van der Waals surface area contributed by atoms with E-state index in [1.54, 1.807) is 0 Å². The summed E-state index contributed by atoms with van der Waals surface area (Å²) in [6.45, 7) is 2.18. The van der Waals surface area contributed by atoms with Gasteiger partial charge in [-0.25, -0.2) is 0 Å². The Kier molecular flexibility index (Phi) is 4.94. The Morgan fingerprint density at radius 2 is 1.83 bits per heavy atom. The quantitative estimate of drug-likeness (QED) is 0.793. The molecular weight excluding hydrogens is 310 g/mol. The Morgan fingerprint density at radius 1 is 1.04 bits per heavy atom. The van der Waals surface area contributed by atoms with Crippen molar-refractivity contribution >= 4 is 23.2 Å². The van der Waals surface area contributed by atoms with E-state index in [0.29, 0.717) is 11.7 Å². The van der Waals surface area contributed by atoms with Crippen LogP contribution in [0.1, 0.15) is 18.7 Å². The molecule has 4 nitrogen and oxygen atoms in total. The minimum Gasteiger partial charge on any atom is -0.339 e. The van der Waals surface area contributed by atoms with E-state index in [4.69, 9.17) is 4.52 Å². The van der Waals surface area contributed by atoms with Gasteiger partial charge in [-0.1, -0.05) is 47.6 Å². The molecule has 1 aromatic heterocycles. The van der Waals surface area contributed by atoms with Gasteiger partial charge in [0, 0.05) is 12.0 Å². The maximum absolute atomic E-state index is 5.49. The minimum atomic E-state index is 0. The fraction of sp³-hybridized carbons (Fsp3) is 0.333. The lowest BCUT2D eigenvalue weighted by molar-refractivity contribution is 0.313. The highest BCUT2D eigenvalue weighted by Crippen LogP contribution is 2.27. The molecule has 1 aliphatic heterocycles. The van der Waals surface area contributed by atoms with Crippen molar-refractivity contribution in [2.45, 2.75) is 19.3 Å². The molecule has 0 radical (unpaired) electrons. The van der Waals surface area contributed by atoms with E-state index in [1.807, 2.05) is 18.2 Å². The number of nitrogens with one attached hydrogen (secondary N) is 1. The summed E-state index contributed by atoms with van der Waals surface area (Å²) < 4.78 is 5.49. The zero-order valence-electron chi connectivity index (χ0n) is 12.9. The molecular formula is C18H20ClN3O. The van der Waals surface area contributed by atoms with Crippen LogP contribution in [0.4, 0.5) is 0 Å². The monoisotopic (exact) mass is 329 g/mol. The van der Waals surface area contributed by atoms with Gasteiger partial charge in [-0.15, -0.1) is 12.4 Å². The maximum atomic E-state index is 5.49. The van der Waals surface area contributed by atoms with Crippen LogP contribution in [0, 0.1) is 5.92 Å². The highest BCUT2D eigenvalue weighted by atomic mass is 35.5. The second kappa shape index (κ2) is 7.11. The Labute approximate surface area is 141 Å². The second-order valence-corrected chi connectivity index (χ2v) is 5.94. The van der Waals surface area contributed by atoms with Gasteiger partial charge in [0.05, 0.1) is 0 Å². The number of nitrogens with zero attached hydrogens (tertiary/aromatic N) is 2. The van der Waals surface area contributed by atoms with Crippen LogP contribution in [0.3, 0.4) is 0 Å². The predicted molar refractivity (Wildman–Crippen MR) is 93.8 cm³/mol. The highest BCUT2D eigenvalue weighted by Gasteiger charge is 2.18. The number of benzene rings is 2. The normalized spacial score (nSPS) is 15.5. The Bertz CT molecular complexity index is 775. The third kappa shape index (κ3) is 3.38. The van der Waals surface area contributed by atoms with Crippen LogP contribution >= 0.6 is 12.4 Å². The van der Waals surface area contributed by atoms with Gasteiger partial charge in [0.25, 0.3) is 0 Å². The summed E-state index contributed by atoms with van der Waals surface area (Å²) in [5, 5.41) is 9.95. The van der Waals surface area contributed by atoms with E-state index in [0.717, 1.165) is 31.0 Å². The SMILES string of the molecule is Cl.c1ccc2c(-c3noc(CC4CCNCC4)n3)cccc2c1. The summed E-state index contributed by atoms with van der Waals surface area (Å²) in [6, 6.07) is 14.5. The summed E-state index contributed by atoms with van der Waals surface area (Å²) in [5.41, 5.74) is 1.04. The first-order valence-electron chi connectivity index (χ1n) is 7.91. The highest BCUT2D eigenvalue weighted by molar-refractivity contribution is 5.94. The molecule has 2 aromatic carbocycles. The molecule has 1 N–H and O–H groups in total. The molecule has 0 unspecified atom stereocenters. The third-order valence-electron chi connectivity index (χ3n) is 4.42. The lowest BCUT2D eigenvalue weighted by Crippen LogP contribution is -2.28. The standard InChI is InChI=1S/C18H19N3O.ClH/c1-2-6-15-14(4-1)5-3-7-16(15)18-20-17(22-21-18)12-13-8-10-19-11-9-13;/h1-7,13,19H,8-12H2;1H. The van der Waals surface area contributed by atoms with Gasteiger partial charge in [0.15, 0.2) is 0 Å². The molecule has 0 bridgehead atoms. The van der Waals surface area contributed by atoms with E-state index in [2.05, 4.69) is 39.7 Å². The number of piperidine rings is 1. The summed E-state index contributed by atoms with van der Waals surface area (Å²) in [4.78, 5) is 4.63. The van der Waals surface area contributed by atoms with E-state index >= 15 is 0 Å². The van der Waals surface area contributed by atoms with Crippen LogP contribution in [0.5, 0.6) is 0 Å². The molecule has 1 saturated heterocycles. The Hall–Kier alpha value is -1.91. The van der Waals surface area contributed by atoms with Crippen LogP contribution in [0.25, 0.3) is 22.2 Å². The van der Waals surface area contributed by atoms with Gasteiger partial charge in [-0.3, -0.25) is 0 Å². The van der Waals surface area contributed by atoms with Gasteiger partial charge in [-0.05, 0) is 42.6 Å². The molecule has 3 aromatic rings. The summed E-state index contributed by atoms with van der Waals surface area (Å²) >= 11 is 0. The first kappa shape index (κ1) is 16.0. The van der Waals surface area contributed by atoms with Gasteiger partial charge in [0.1, 0.15) is 0 Å². The van der Waals surface area contributed by atoms with Crippen molar-refractivity contribution in [3.05, 3.63) is 48.4 Å². The van der Waals surface area contributed by atoms with E-state index in [-0.39, 0.29) is 12.4 Å². The van der Waals surface area contributed by atoms with Crippen molar-refractivity contribution in [3.8, 4) is 11.4 Å². The van der Waals surface area contributed by atoms with Crippen LogP contribution in [-0.2, 0) is 6.42 Å². The molecule has 0 spiro atoms. The predicted octanol–water partition coefficient (Wildman–Crippen LogP) is 3.85. The van der Waals surface area contributed by atoms with Crippen molar-refractivity contribution in [2.75, 3.05) is 13.1 Å². The van der Waals surface area contributed by atoms with Gasteiger partial charge in [0.2, 0.25) is 11.7 Å². The summed E-state index contributed by atoms with van der Waals surface area (Å²) in [6.07, 6.45) is 3.26. The maximum Gasteiger partial charge on any atom is 0.227 e. The lowest BCUT2D eigenvalue weighted by atomic mass is 9.95. The second-order valence-electron chi connectivity index (χ2n) is 5.94. The fourth-order valence-corrected chi connectivity index (χ4v) is 3.20. The molecule has 0 aliphatic carbocycles. The average molecular weight is 330 g/mol. The van der Waals surface area contributed by atoms with Crippen LogP contribution in [-0.4, -0.2) is 23.2 Å². The largest absolute Gasteiger partial charge is 0.339 e. The summed E-state index contributed by atoms with van der Waals surface area (Å²) in [7, 11) is 0.